The molecule has 0 radical (unpaired) electrons. The van der Waals surface area contributed by atoms with E-state index >= 15 is 0 Å². The highest BCUT2D eigenvalue weighted by Crippen LogP contribution is 2.16. The van der Waals surface area contributed by atoms with E-state index in [-0.39, 0.29) is 5.82 Å². The molecule has 2 amide bonds. The molecule has 98 valence electrons. The number of amides is 2. The number of nitrogens with one attached hydrogen (secondary N) is 2. The van der Waals surface area contributed by atoms with Gasteiger partial charge in [0.1, 0.15) is 5.82 Å². The number of carbonyl (C=O) groups is 1. The Hall–Kier alpha value is -2.36. The lowest BCUT2D eigenvalue weighted by molar-refractivity contribution is 0.262. The van der Waals surface area contributed by atoms with Gasteiger partial charge in [0.2, 0.25) is 0 Å². The molecule has 2 N–H and O–H groups in total. The van der Waals surface area contributed by atoms with Gasteiger partial charge in [0.05, 0.1) is 0 Å². The predicted octanol–water partition coefficient (Wildman–Crippen LogP) is 4.09. The van der Waals surface area contributed by atoms with Gasteiger partial charge < -0.3 is 10.6 Å². The lowest BCUT2D eigenvalue weighted by Crippen LogP contribution is -2.20. The average Bonchev–Trinajstić information content (AvgIpc) is 2.37. The van der Waals surface area contributed by atoms with Crippen LogP contribution in [0, 0.1) is 19.7 Å². The Kier molecular flexibility index (Phi) is 3.80. The molecule has 0 unspecified atom stereocenters. The second-order valence-corrected chi connectivity index (χ2v) is 4.40. The van der Waals surface area contributed by atoms with Gasteiger partial charge in [-0.3, -0.25) is 0 Å². The van der Waals surface area contributed by atoms with Crippen LogP contribution in [0.1, 0.15) is 11.1 Å². The van der Waals surface area contributed by atoms with E-state index < -0.39 is 6.03 Å². The summed E-state index contributed by atoms with van der Waals surface area (Å²) in [5.74, 6) is -0.378. The van der Waals surface area contributed by atoms with E-state index in [1.807, 2.05) is 31.2 Å². The van der Waals surface area contributed by atoms with Crippen molar-refractivity contribution < 1.29 is 9.18 Å². The molecular weight excluding hydrogens is 243 g/mol. The van der Waals surface area contributed by atoms with Crippen molar-refractivity contribution >= 4 is 17.4 Å². The summed E-state index contributed by atoms with van der Waals surface area (Å²) >= 11 is 0. The Labute approximate surface area is 111 Å². The van der Waals surface area contributed by atoms with Crippen LogP contribution in [0.25, 0.3) is 0 Å². The molecule has 0 bridgehead atoms. The summed E-state index contributed by atoms with van der Waals surface area (Å²) in [6.07, 6.45) is 0. The topological polar surface area (TPSA) is 41.1 Å². The van der Waals surface area contributed by atoms with E-state index in [0.717, 1.165) is 11.1 Å². The fourth-order valence-electron chi connectivity index (χ4n) is 1.65. The number of benzene rings is 2. The van der Waals surface area contributed by atoms with E-state index in [1.54, 1.807) is 13.0 Å². The summed E-state index contributed by atoms with van der Waals surface area (Å²) in [5, 5.41) is 5.32. The predicted molar refractivity (Wildman–Crippen MR) is 75.0 cm³/mol. The molecule has 0 fully saturated rings. The third kappa shape index (κ3) is 3.55. The molecule has 0 atom stereocenters. The van der Waals surface area contributed by atoms with E-state index in [4.69, 9.17) is 0 Å². The molecule has 0 saturated carbocycles. The molecule has 0 aliphatic rings. The smallest absolute Gasteiger partial charge is 0.308 e. The van der Waals surface area contributed by atoms with Crippen molar-refractivity contribution in [3.05, 3.63) is 59.4 Å². The zero-order chi connectivity index (χ0) is 13.8. The molecule has 4 heteroatoms. The summed E-state index contributed by atoms with van der Waals surface area (Å²) in [7, 11) is 0. The Morgan fingerprint density at radius 1 is 1.00 bits per heavy atom. The van der Waals surface area contributed by atoms with E-state index in [9.17, 15) is 9.18 Å². The summed E-state index contributed by atoms with van der Waals surface area (Å²) in [4.78, 5) is 11.8. The second kappa shape index (κ2) is 5.52. The van der Waals surface area contributed by atoms with Gasteiger partial charge in [0, 0.05) is 11.4 Å². The monoisotopic (exact) mass is 258 g/mol. The molecule has 2 aromatic carbocycles. The summed E-state index contributed by atoms with van der Waals surface area (Å²) < 4.78 is 13.1. The van der Waals surface area contributed by atoms with Crippen LogP contribution in [0.15, 0.2) is 42.5 Å². The van der Waals surface area contributed by atoms with Gasteiger partial charge in [-0.2, -0.15) is 0 Å². The average molecular weight is 258 g/mol. The summed E-state index contributed by atoms with van der Waals surface area (Å²) in [6.45, 7) is 3.78. The molecule has 0 aliphatic heterocycles. The van der Waals surface area contributed by atoms with Gasteiger partial charge in [-0.1, -0.05) is 23.8 Å². The molecule has 2 rings (SSSR count). The lowest BCUT2D eigenvalue weighted by atomic mass is 10.2. The van der Waals surface area contributed by atoms with Gasteiger partial charge >= 0.3 is 6.03 Å². The normalized spacial score (nSPS) is 10.1. The molecule has 0 aliphatic carbocycles. The molecule has 3 nitrogen and oxygen atoms in total. The first-order chi connectivity index (χ1) is 9.04. The first-order valence-electron chi connectivity index (χ1n) is 5.95. The maximum Gasteiger partial charge on any atom is 0.323 e. The molecule has 0 heterocycles. The zero-order valence-electron chi connectivity index (χ0n) is 10.8. The van der Waals surface area contributed by atoms with Crippen molar-refractivity contribution in [2.24, 2.45) is 0 Å². The van der Waals surface area contributed by atoms with Crippen molar-refractivity contribution in [3.63, 3.8) is 0 Å². The lowest BCUT2D eigenvalue weighted by Gasteiger charge is -2.10. The first-order valence-corrected chi connectivity index (χ1v) is 5.95. The number of urea groups is 1. The summed E-state index contributed by atoms with van der Waals surface area (Å²) in [5.41, 5.74) is 3.08. The third-order valence-corrected chi connectivity index (χ3v) is 2.76. The van der Waals surface area contributed by atoms with Crippen LogP contribution in [-0.4, -0.2) is 6.03 Å². The van der Waals surface area contributed by atoms with Gasteiger partial charge in [-0.25, -0.2) is 9.18 Å². The quantitative estimate of drug-likeness (QED) is 0.837. The maximum atomic E-state index is 13.1. The van der Waals surface area contributed by atoms with Crippen LogP contribution in [0.2, 0.25) is 0 Å². The minimum absolute atomic E-state index is 0.378. The molecule has 2 aromatic rings. The number of halogens is 1. The largest absolute Gasteiger partial charge is 0.323 e. The maximum absolute atomic E-state index is 13.1. The van der Waals surface area contributed by atoms with Crippen molar-refractivity contribution in [1.82, 2.24) is 0 Å². The van der Waals surface area contributed by atoms with Gasteiger partial charge in [-0.15, -0.1) is 0 Å². The standard InChI is InChI=1S/C15H15FN2O/c1-10-3-7-13(8-4-10)17-15(19)18-14-9-12(16)6-5-11(14)2/h3-9H,1-2H3,(H2,17,18,19). The Morgan fingerprint density at radius 3 is 2.37 bits per heavy atom. The zero-order valence-corrected chi connectivity index (χ0v) is 10.8. The molecule has 0 saturated heterocycles. The minimum atomic E-state index is -0.391. The third-order valence-electron chi connectivity index (χ3n) is 2.76. The van der Waals surface area contributed by atoms with Crippen molar-refractivity contribution in [2.45, 2.75) is 13.8 Å². The number of rotatable bonds is 2. The van der Waals surface area contributed by atoms with Gasteiger partial charge in [0.15, 0.2) is 0 Å². The van der Waals surface area contributed by atoms with Crippen LogP contribution in [0.4, 0.5) is 20.6 Å². The van der Waals surface area contributed by atoms with Crippen LogP contribution in [-0.2, 0) is 0 Å². The van der Waals surface area contributed by atoms with Crippen LogP contribution >= 0.6 is 0 Å². The van der Waals surface area contributed by atoms with E-state index in [2.05, 4.69) is 10.6 Å². The fourth-order valence-corrected chi connectivity index (χ4v) is 1.65. The SMILES string of the molecule is Cc1ccc(NC(=O)Nc2cc(F)ccc2C)cc1. The molecule has 0 spiro atoms. The van der Waals surface area contributed by atoms with Crippen LogP contribution < -0.4 is 10.6 Å². The Bertz CT molecular complexity index is 594. The molecular formula is C15H15FN2O. The summed E-state index contributed by atoms with van der Waals surface area (Å²) in [6, 6.07) is 11.3. The van der Waals surface area contributed by atoms with Gasteiger partial charge in [0.25, 0.3) is 0 Å². The fraction of sp³-hybridized carbons (Fsp3) is 0.133. The number of anilines is 2. The van der Waals surface area contributed by atoms with Crippen LogP contribution in [0.5, 0.6) is 0 Å². The van der Waals surface area contributed by atoms with Crippen molar-refractivity contribution in [2.75, 3.05) is 10.6 Å². The number of hydrogen-bond donors (Lipinski definition) is 2. The number of carbonyl (C=O) groups excluding carboxylic acids is 1. The highest BCUT2D eigenvalue weighted by atomic mass is 19.1. The van der Waals surface area contributed by atoms with Crippen LogP contribution in [0.3, 0.4) is 0 Å². The first kappa shape index (κ1) is 13.1. The Balaban J connectivity index is 2.05. The minimum Gasteiger partial charge on any atom is -0.308 e. The second-order valence-electron chi connectivity index (χ2n) is 4.40. The molecule has 19 heavy (non-hydrogen) atoms. The van der Waals surface area contributed by atoms with Crippen molar-refractivity contribution in [3.8, 4) is 0 Å². The number of aryl methyl sites for hydroxylation is 2. The van der Waals surface area contributed by atoms with Crippen molar-refractivity contribution in [1.29, 1.82) is 0 Å². The number of hydrogen-bond acceptors (Lipinski definition) is 1. The Morgan fingerprint density at radius 2 is 1.68 bits per heavy atom. The molecule has 0 aromatic heterocycles. The highest BCUT2D eigenvalue weighted by Gasteiger charge is 2.05. The van der Waals surface area contributed by atoms with E-state index in [1.165, 1.54) is 12.1 Å². The van der Waals surface area contributed by atoms with Gasteiger partial charge in [-0.05, 0) is 43.7 Å². The van der Waals surface area contributed by atoms with E-state index in [0.29, 0.717) is 11.4 Å². The highest BCUT2D eigenvalue weighted by molar-refractivity contribution is 6.00.